The molecular formula is C13H20O2. The summed E-state index contributed by atoms with van der Waals surface area (Å²) in [6, 6.07) is 0. The van der Waals surface area contributed by atoms with E-state index in [2.05, 4.69) is 27.4 Å². The van der Waals surface area contributed by atoms with Crippen molar-refractivity contribution >= 4 is 5.97 Å². The van der Waals surface area contributed by atoms with Crippen LogP contribution in [0, 0.1) is 16.7 Å². The van der Waals surface area contributed by atoms with Crippen molar-refractivity contribution in [2.75, 3.05) is 0 Å². The zero-order valence-corrected chi connectivity index (χ0v) is 9.88. The summed E-state index contributed by atoms with van der Waals surface area (Å²) in [7, 11) is 0. The second-order valence-corrected chi connectivity index (χ2v) is 5.74. The van der Waals surface area contributed by atoms with Crippen molar-refractivity contribution in [2.45, 2.75) is 46.1 Å². The van der Waals surface area contributed by atoms with Gasteiger partial charge in [-0.15, -0.1) is 0 Å². The molecule has 3 atom stereocenters. The van der Waals surface area contributed by atoms with E-state index in [4.69, 9.17) is 4.74 Å². The van der Waals surface area contributed by atoms with Gasteiger partial charge in [0.05, 0.1) is 0 Å². The van der Waals surface area contributed by atoms with Crippen molar-refractivity contribution in [3.05, 3.63) is 12.7 Å². The van der Waals surface area contributed by atoms with Crippen LogP contribution in [0.3, 0.4) is 0 Å². The van der Waals surface area contributed by atoms with Crippen molar-refractivity contribution in [3.63, 3.8) is 0 Å². The van der Waals surface area contributed by atoms with Gasteiger partial charge in [-0.25, -0.2) is 4.79 Å². The first-order valence-corrected chi connectivity index (χ1v) is 5.75. The van der Waals surface area contributed by atoms with Gasteiger partial charge in [-0.3, -0.25) is 0 Å². The molecule has 0 aliphatic heterocycles. The quantitative estimate of drug-likeness (QED) is 0.515. The predicted molar refractivity (Wildman–Crippen MR) is 59.3 cm³/mol. The van der Waals surface area contributed by atoms with Gasteiger partial charge in [-0.1, -0.05) is 27.4 Å². The van der Waals surface area contributed by atoms with Crippen LogP contribution in [0.5, 0.6) is 0 Å². The molecule has 2 heteroatoms. The smallest absolute Gasteiger partial charge is 0.330 e. The SMILES string of the molecule is C=CC(=O)O[C@@H]1C[C@@H]2CC[C@]1(C)C2(C)C. The number of carbonyl (C=O) groups excluding carboxylic acids is 1. The van der Waals surface area contributed by atoms with Crippen LogP contribution in [0.1, 0.15) is 40.0 Å². The monoisotopic (exact) mass is 208 g/mol. The minimum atomic E-state index is -0.274. The number of ether oxygens (including phenoxy) is 1. The maximum absolute atomic E-state index is 11.3. The summed E-state index contributed by atoms with van der Waals surface area (Å²) >= 11 is 0. The summed E-state index contributed by atoms with van der Waals surface area (Å²) in [6.45, 7) is 10.3. The fraction of sp³-hybridized carbons (Fsp3) is 0.769. The van der Waals surface area contributed by atoms with E-state index in [1.807, 2.05) is 0 Å². The van der Waals surface area contributed by atoms with E-state index in [9.17, 15) is 4.79 Å². The van der Waals surface area contributed by atoms with Crippen LogP contribution in [0.2, 0.25) is 0 Å². The zero-order chi connectivity index (χ0) is 11.3. The third kappa shape index (κ3) is 1.27. The van der Waals surface area contributed by atoms with E-state index in [0.717, 1.165) is 6.42 Å². The highest BCUT2D eigenvalue weighted by Gasteiger charge is 2.62. The summed E-state index contributed by atoms with van der Waals surface area (Å²) in [5, 5.41) is 0. The van der Waals surface area contributed by atoms with Gasteiger partial charge < -0.3 is 4.74 Å². The van der Waals surface area contributed by atoms with E-state index in [0.29, 0.717) is 11.3 Å². The molecule has 15 heavy (non-hydrogen) atoms. The minimum Gasteiger partial charge on any atom is -0.459 e. The lowest BCUT2D eigenvalue weighted by Crippen LogP contribution is -2.38. The first kappa shape index (κ1) is 10.7. The van der Waals surface area contributed by atoms with Gasteiger partial charge in [0.25, 0.3) is 0 Å². The van der Waals surface area contributed by atoms with Crippen LogP contribution >= 0.6 is 0 Å². The normalized spacial score (nSPS) is 41.5. The first-order valence-electron chi connectivity index (χ1n) is 5.75. The highest BCUT2D eigenvalue weighted by molar-refractivity contribution is 5.81. The molecule has 0 aromatic rings. The fourth-order valence-corrected chi connectivity index (χ4v) is 3.50. The summed E-state index contributed by atoms with van der Waals surface area (Å²) in [5.74, 6) is 0.440. The van der Waals surface area contributed by atoms with Crippen molar-refractivity contribution in [1.29, 1.82) is 0 Å². The second-order valence-electron chi connectivity index (χ2n) is 5.74. The Bertz CT molecular complexity index is 306. The molecule has 84 valence electrons. The average Bonchev–Trinajstić information content (AvgIpc) is 2.50. The van der Waals surface area contributed by atoms with Gasteiger partial charge in [0, 0.05) is 11.5 Å². The zero-order valence-electron chi connectivity index (χ0n) is 9.88. The number of rotatable bonds is 2. The Hall–Kier alpha value is -0.790. The molecule has 0 aromatic heterocycles. The third-order valence-corrected chi connectivity index (χ3v) is 5.14. The predicted octanol–water partition coefficient (Wildman–Crippen LogP) is 2.93. The molecule has 0 N–H and O–H groups in total. The Morgan fingerprint density at radius 2 is 2.13 bits per heavy atom. The maximum atomic E-state index is 11.3. The molecule has 0 amide bonds. The van der Waals surface area contributed by atoms with Gasteiger partial charge in [-0.2, -0.15) is 0 Å². The minimum absolute atomic E-state index is 0.0942. The van der Waals surface area contributed by atoms with Crippen LogP contribution in [0.4, 0.5) is 0 Å². The van der Waals surface area contributed by atoms with Crippen LogP contribution in [-0.2, 0) is 9.53 Å². The fourth-order valence-electron chi connectivity index (χ4n) is 3.50. The lowest BCUT2D eigenvalue weighted by atomic mass is 9.70. The van der Waals surface area contributed by atoms with Gasteiger partial charge in [0.1, 0.15) is 6.10 Å². The summed E-state index contributed by atoms with van der Waals surface area (Å²) in [4.78, 5) is 11.3. The van der Waals surface area contributed by atoms with E-state index in [1.54, 1.807) is 0 Å². The van der Waals surface area contributed by atoms with Crippen LogP contribution in [0.15, 0.2) is 12.7 Å². The number of hydrogen-bond acceptors (Lipinski definition) is 2. The molecular weight excluding hydrogens is 188 g/mol. The van der Waals surface area contributed by atoms with Gasteiger partial charge in [0.2, 0.25) is 0 Å². The van der Waals surface area contributed by atoms with Gasteiger partial charge in [0.15, 0.2) is 0 Å². The molecule has 0 unspecified atom stereocenters. The molecule has 2 aliphatic carbocycles. The summed E-state index contributed by atoms with van der Waals surface area (Å²) < 4.78 is 5.48. The Balaban J connectivity index is 2.19. The molecule has 2 rings (SSSR count). The Labute approximate surface area is 91.7 Å². The molecule has 0 heterocycles. The molecule has 0 spiro atoms. The number of carbonyl (C=O) groups is 1. The lowest BCUT2D eigenvalue weighted by Gasteiger charge is -2.38. The topological polar surface area (TPSA) is 26.3 Å². The number of esters is 1. The largest absolute Gasteiger partial charge is 0.459 e. The Kier molecular flexibility index (Phi) is 2.21. The highest BCUT2D eigenvalue weighted by Crippen LogP contribution is 2.66. The van der Waals surface area contributed by atoms with Crippen LogP contribution < -0.4 is 0 Å². The van der Waals surface area contributed by atoms with E-state index in [1.165, 1.54) is 18.9 Å². The van der Waals surface area contributed by atoms with Gasteiger partial charge >= 0.3 is 5.97 Å². The lowest BCUT2D eigenvalue weighted by molar-refractivity contribution is -0.150. The van der Waals surface area contributed by atoms with Crippen molar-refractivity contribution in [3.8, 4) is 0 Å². The number of hydrogen-bond donors (Lipinski definition) is 0. The van der Waals surface area contributed by atoms with E-state index >= 15 is 0 Å². The second kappa shape index (κ2) is 3.10. The number of fused-ring (bicyclic) bond motifs is 2. The van der Waals surface area contributed by atoms with Crippen molar-refractivity contribution < 1.29 is 9.53 Å². The molecule has 0 saturated heterocycles. The molecule has 2 bridgehead atoms. The average molecular weight is 208 g/mol. The molecule has 2 nitrogen and oxygen atoms in total. The van der Waals surface area contributed by atoms with E-state index < -0.39 is 0 Å². The standard InChI is InChI=1S/C13H20O2/c1-5-11(14)15-10-8-9-6-7-13(10,4)12(9,2)3/h5,9-10H,1,6-8H2,2-4H3/t9-,10+,13-/m0/s1. The van der Waals surface area contributed by atoms with Gasteiger partial charge in [-0.05, 0) is 30.6 Å². The maximum Gasteiger partial charge on any atom is 0.330 e. The Morgan fingerprint density at radius 3 is 2.53 bits per heavy atom. The highest BCUT2D eigenvalue weighted by atomic mass is 16.5. The first-order chi connectivity index (χ1) is 6.91. The molecule has 0 aromatic carbocycles. The Morgan fingerprint density at radius 1 is 1.47 bits per heavy atom. The molecule has 2 aliphatic rings. The molecule has 0 radical (unpaired) electrons. The summed E-state index contributed by atoms with van der Waals surface area (Å²) in [6.07, 6.45) is 4.85. The van der Waals surface area contributed by atoms with Crippen LogP contribution in [-0.4, -0.2) is 12.1 Å². The van der Waals surface area contributed by atoms with Crippen molar-refractivity contribution in [2.24, 2.45) is 16.7 Å². The van der Waals surface area contributed by atoms with E-state index in [-0.39, 0.29) is 17.5 Å². The molecule has 2 fully saturated rings. The van der Waals surface area contributed by atoms with Crippen LogP contribution in [0.25, 0.3) is 0 Å². The van der Waals surface area contributed by atoms with Crippen molar-refractivity contribution in [1.82, 2.24) is 0 Å². The summed E-state index contributed by atoms with van der Waals surface area (Å²) in [5.41, 5.74) is 0.468. The molecule has 2 saturated carbocycles. The third-order valence-electron chi connectivity index (χ3n) is 5.14.